The van der Waals surface area contributed by atoms with Gasteiger partial charge in [0.25, 0.3) is 0 Å². The Morgan fingerprint density at radius 2 is 1.66 bits per heavy atom. The van der Waals surface area contributed by atoms with Gasteiger partial charge in [-0.1, -0.05) is 44.4 Å². The predicted molar refractivity (Wildman–Crippen MR) is 140 cm³/mol. The second-order valence-electron chi connectivity index (χ2n) is 9.28. The fourth-order valence-corrected chi connectivity index (χ4v) is 4.83. The topological polar surface area (TPSA) is 70.1 Å². The zero-order chi connectivity index (χ0) is 25.0. The summed E-state index contributed by atoms with van der Waals surface area (Å²) in [7, 11) is 0. The molecule has 0 amide bonds. The highest BCUT2D eigenvalue weighted by Gasteiger charge is 2.23. The minimum Gasteiger partial charge on any atom is -0.507 e. The van der Waals surface area contributed by atoms with E-state index in [9.17, 15) is 14.7 Å². The van der Waals surface area contributed by atoms with E-state index in [1.54, 1.807) is 13.0 Å². The normalized spacial score (nSPS) is 15.1. The number of rotatable bonds is 13. The van der Waals surface area contributed by atoms with Crippen molar-refractivity contribution >= 4 is 17.4 Å². The summed E-state index contributed by atoms with van der Waals surface area (Å²) in [5.74, 6) is -0.769. The van der Waals surface area contributed by atoms with Crippen LogP contribution in [-0.4, -0.2) is 60.6 Å². The summed E-state index contributed by atoms with van der Waals surface area (Å²) in [6.45, 7) is 8.42. The van der Waals surface area contributed by atoms with E-state index in [0.29, 0.717) is 18.0 Å². The quantitative estimate of drug-likeness (QED) is 0.226. The van der Waals surface area contributed by atoms with Crippen molar-refractivity contribution in [1.29, 1.82) is 0 Å². The van der Waals surface area contributed by atoms with Gasteiger partial charge in [0.05, 0.1) is 6.61 Å². The van der Waals surface area contributed by atoms with Crippen LogP contribution < -0.4 is 4.90 Å². The van der Waals surface area contributed by atoms with Crippen LogP contribution in [0, 0.1) is 0 Å². The number of phenols is 1. The highest BCUT2D eigenvalue weighted by Crippen LogP contribution is 2.23. The molecular formula is C29H40N2O4. The zero-order valence-electron chi connectivity index (χ0n) is 21.2. The summed E-state index contributed by atoms with van der Waals surface area (Å²) < 4.78 is 4.97. The van der Waals surface area contributed by atoms with E-state index in [1.165, 1.54) is 37.1 Å². The number of anilines is 1. The first-order valence-corrected chi connectivity index (χ1v) is 13.1. The van der Waals surface area contributed by atoms with E-state index < -0.39 is 5.97 Å². The SMILES string of the molecule is CCCCC(CCCCC(=O)c1ccc(O)c(C(=O)OCC)c1)N1CCN(c2ccccc2)CC1. The Morgan fingerprint density at radius 1 is 0.943 bits per heavy atom. The second-order valence-corrected chi connectivity index (χ2v) is 9.28. The molecule has 1 heterocycles. The Labute approximate surface area is 209 Å². The van der Waals surface area contributed by atoms with Crippen LogP contribution in [0.2, 0.25) is 0 Å². The lowest BCUT2D eigenvalue weighted by Gasteiger charge is -2.40. The van der Waals surface area contributed by atoms with Crippen molar-refractivity contribution in [2.24, 2.45) is 0 Å². The number of phenolic OH excluding ortho intramolecular Hbond substituents is 1. The van der Waals surface area contributed by atoms with Gasteiger partial charge >= 0.3 is 5.97 Å². The molecule has 0 spiro atoms. The number of aromatic hydroxyl groups is 1. The van der Waals surface area contributed by atoms with Crippen LogP contribution in [0.4, 0.5) is 5.69 Å². The van der Waals surface area contributed by atoms with Crippen LogP contribution in [0.1, 0.15) is 79.5 Å². The molecule has 1 aliphatic heterocycles. The molecule has 0 bridgehead atoms. The van der Waals surface area contributed by atoms with Gasteiger partial charge in [-0.2, -0.15) is 0 Å². The van der Waals surface area contributed by atoms with Gasteiger partial charge in [0.2, 0.25) is 0 Å². The summed E-state index contributed by atoms with van der Waals surface area (Å²) in [6.07, 6.45) is 6.99. The lowest BCUT2D eigenvalue weighted by molar-refractivity contribution is 0.0523. The van der Waals surface area contributed by atoms with Crippen molar-refractivity contribution in [3.05, 3.63) is 59.7 Å². The summed E-state index contributed by atoms with van der Waals surface area (Å²) in [5, 5.41) is 9.95. The third kappa shape index (κ3) is 7.82. The zero-order valence-corrected chi connectivity index (χ0v) is 21.2. The molecule has 6 nitrogen and oxygen atoms in total. The number of para-hydroxylation sites is 1. The van der Waals surface area contributed by atoms with E-state index in [-0.39, 0.29) is 23.7 Å². The molecule has 190 valence electrons. The van der Waals surface area contributed by atoms with E-state index in [0.717, 1.165) is 45.4 Å². The predicted octanol–water partition coefficient (Wildman–Crippen LogP) is 5.69. The molecule has 1 unspecified atom stereocenters. The second kappa shape index (κ2) is 13.9. The maximum absolute atomic E-state index is 12.7. The molecule has 0 radical (unpaired) electrons. The number of hydrogen-bond acceptors (Lipinski definition) is 6. The monoisotopic (exact) mass is 480 g/mol. The van der Waals surface area contributed by atoms with Gasteiger partial charge in [0.1, 0.15) is 11.3 Å². The van der Waals surface area contributed by atoms with Gasteiger partial charge in [-0.15, -0.1) is 0 Å². The third-order valence-corrected chi connectivity index (χ3v) is 6.85. The number of ether oxygens (including phenoxy) is 1. The van der Waals surface area contributed by atoms with E-state index in [2.05, 4.69) is 47.1 Å². The Balaban J connectivity index is 1.48. The Hall–Kier alpha value is -2.86. The van der Waals surface area contributed by atoms with Crippen LogP contribution in [-0.2, 0) is 4.74 Å². The first kappa shape index (κ1) is 26.7. The fraction of sp³-hybridized carbons (Fsp3) is 0.517. The standard InChI is InChI=1S/C29H40N2O4/c1-3-5-11-24(30-18-20-31(21-19-30)25-12-7-6-8-13-25)14-9-10-15-27(32)23-16-17-28(33)26(22-23)29(34)35-4-2/h6-8,12-13,16-17,22,24,33H,3-5,9-11,14-15,18-21H2,1-2H3. The van der Waals surface area contributed by atoms with Crippen molar-refractivity contribution in [3.8, 4) is 5.75 Å². The fourth-order valence-electron chi connectivity index (χ4n) is 4.83. The summed E-state index contributed by atoms with van der Waals surface area (Å²) in [4.78, 5) is 29.8. The summed E-state index contributed by atoms with van der Waals surface area (Å²) in [5.41, 5.74) is 1.80. The number of benzene rings is 2. The molecule has 1 atom stereocenters. The Morgan fingerprint density at radius 3 is 2.34 bits per heavy atom. The third-order valence-electron chi connectivity index (χ3n) is 6.85. The molecule has 0 saturated carbocycles. The van der Waals surface area contributed by atoms with Crippen molar-refractivity contribution in [2.45, 2.75) is 64.8 Å². The summed E-state index contributed by atoms with van der Waals surface area (Å²) >= 11 is 0. The molecule has 1 aliphatic rings. The number of unbranched alkanes of at least 4 members (excludes halogenated alkanes) is 2. The average Bonchev–Trinajstić information content (AvgIpc) is 2.89. The molecule has 35 heavy (non-hydrogen) atoms. The maximum Gasteiger partial charge on any atom is 0.341 e. The summed E-state index contributed by atoms with van der Waals surface area (Å²) in [6, 6.07) is 15.6. The number of esters is 1. The van der Waals surface area contributed by atoms with Gasteiger partial charge in [-0.3, -0.25) is 9.69 Å². The number of carbonyl (C=O) groups is 2. The number of carbonyl (C=O) groups excluding carboxylic acids is 2. The Bertz CT molecular complexity index is 939. The van der Waals surface area contributed by atoms with E-state index in [1.807, 2.05) is 0 Å². The lowest BCUT2D eigenvalue weighted by Crippen LogP contribution is -2.50. The van der Waals surface area contributed by atoms with E-state index in [4.69, 9.17) is 4.74 Å². The number of ketones is 1. The molecule has 0 aliphatic carbocycles. The van der Waals surface area contributed by atoms with Crippen molar-refractivity contribution < 1.29 is 19.4 Å². The molecule has 3 rings (SSSR count). The molecular weight excluding hydrogens is 440 g/mol. The first-order chi connectivity index (χ1) is 17.0. The van der Waals surface area contributed by atoms with Gasteiger partial charge in [-0.25, -0.2) is 4.79 Å². The Kier molecular flexibility index (Phi) is 10.6. The minimum absolute atomic E-state index is 0.00266. The molecule has 1 N–H and O–H groups in total. The number of nitrogens with zero attached hydrogens (tertiary/aromatic N) is 2. The molecule has 1 fully saturated rings. The molecule has 2 aromatic rings. The van der Waals surface area contributed by atoms with Gasteiger partial charge in [0, 0.05) is 49.9 Å². The van der Waals surface area contributed by atoms with Crippen molar-refractivity contribution in [3.63, 3.8) is 0 Å². The minimum atomic E-state index is -0.606. The molecule has 2 aromatic carbocycles. The van der Waals surface area contributed by atoms with Crippen LogP contribution in [0.15, 0.2) is 48.5 Å². The smallest absolute Gasteiger partial charge is 0.341 e. The number of piperazine rings is 1. The van der Waals surface area contributed by atoms with Crippen LogP contribution in [0.25, 0.3) is 0 Å². The average molecular weight is 481 g/mol. The van der Waals surface area contributed by atoms with Gasteiger partial charge in [-0.05, 0) is 56.5 Å². The highest BCUT2D eigenvalue weighted by atomic mass is 16.5. The van der Waals surface area contributed by atoms with Crippen LogP contribution in [0.5, 0.6) is 5.75 Å². The maximum atomic E-state index is 12.7. The molecule has 0 aromatic heterocycles. The van der Waals surface area contributed by atoms with Gasteiger partial charge in [0.15, 0.2) is 5.78 Å². The highest BCUT2D eigenvalue weighted by molar-refractivity contribution is 6.00. The van der Waals surface area contributed by atoms with Gasteiger partial charge < -0.3 is 14.7 Å². The van der Waals surface area contributed by atoms with E-state index >= 15 is 0 Å². The first-order valence-electron chi connectivity index (χ1n) is 13.1. The largest absolute Gasteiger partial charge is 0.507 e. The van der Waals surface area contributed by atoms with Crippen LogP contribution in [0.3, 0.4) is 0 Å². The molecule has 1 saturated heterocycles. The number of hydrogen-bond donors (Lipinski definition) is 1. The van der Waals surface area contributed by atoms with Crippen molar-refractivity contribution in [2.75, 3.05) is 37.7 Å². The number of Topliss-reactive ketones (excluding diaryl/α,β-unsaturated/α-hetero) is 1. The van der Waals surface area contributed by atoms with Crippen LogP contribution >= 0.6 is 0 Å². The van der Waals surface area contributed by atoms with Crippen molar-refractivity contribution in [1.82, 2.24) is 4.90 Å². The lowest BCUT2D eigenvalue weighted by atomic mass is 9.98. The molecule has 6 heteroatoms.